The average Bonchev–Trinajstić information content (AvgIpc) is 2.55. The third-order valence-electron chi connectivity index (χ3n) is 4.73. The number of rotatable bonds is 4. The summed E-state index contributed by atoms with van der Waals surface area (Å²) < 4.78 is 38.4. The number of amides is 2. The molecule has 1 aromatic rings. The van der Waals surface area contributed by atoms with E-state index < -0.39 is 33.6 Å². The molecule has 0 radical (unpaired) electrons. The largest absolute Gasteiger partial charge is 0.324 e. The number of anilines is 2. The number of carbonyl (C=O) groups excluding carboxylic acids is 2. The molecule has 1 atom stereocenters. The first-order valence-electron chi connectivity index (χ1n) is 8.47. The smallest absolute Gasteiger partial charge is 0.258 e. The fraction of sp³-hybridized carbons (Fsp3) is 0.529. The molecule has 1 aliphatic heterocycles. The standard InChI is InChI=1S/C17H21FN2O4S/c18-13(8-11-4-2-1-3-5-11)17(22)19-12-6-7-14-15(9-12)25(23,24)10-16(21)20-14/h6-7,9,11,13H,1-5,8,10H2,(H,19,22)(H,20,21). The lowest BCUT2D eigenvalue weighted by molar-refractivity contribution is -0.121. The number of nitrogens with one attached hydrogen (secondary N) is 2. The Balaban J connectivity index is 1.68. The lowest BCUT2D eigenvalue weighted by Gasteiger charge is -2.23. The van der Waals surface area contributed by atoms with Crippen LogP contribution in [0.2, 0.25) is 0 Å². The summed E-state index contributed by atoms with van der Waals surface area (Å²) in [6, 6.07) is 4.11. The number of fused-ring (bicyclic) bond motifs is 1. The minimum atomic E-state index is -3.75. The van der Waals surface area contributed by atoms with Crippen molar-refractivity contribution in [3.8, 4) is 0 Å². The Morgan fingerprint density at radius 3 is 2.72 bits per heavy atom. The van der Waals surface area contributed by atoms with Crippen LogP contribution in [0.15, 0.2) is 23.1 Å². The van der Waals surface area contributed by atoms with E-state index in [-0.39, 0.29) is 28.6 Å². The van der Waals surface area contributed by atoms with Crippen LogP contribution < -0.4 is 10.6 Å². The van der Waals surface area contributed by atoms with E-state index in [1.807, 2.05) is 0 Å². The summed E-state index contributed by atoms with van der Waals surface area (Å²) in [7, 11) is -3.75. The molecule has 2 aliphatic rings. The molecule has 0 bridgehead atoms. The molecule has 1 heterocycles. The maximum absolute atomic E-state index is 14.2. The molecule has 1 aromatic carbocycles. The molecule has 2 N–H and O–H groups in total. The Kier molecular flexibility index (Phi) is 5.08. The van der Waals surface area contributed by atoms with Crippen molar-refractivity contribution in [2.45, 2.75) is 49.6 Å². The predicted octanol–water partition coefficient (Wildman–Crippen LogP) is 2.66. The molecule has 0 aromatic heterocycles. The highest BCUT2D eigenvalue weighted by Crippen LogP contribution is 2.31. The quantitative estimate of drug-likeness (QED) is 0.855. The van der Waals surface area contributed by atoms with Crippen LogP contribution in [0.3, 0.4) is 0 Å². The normalized spacial score (nSPS) is 21.1. The molecule has 6 nitrogen and oxygen atoms in total. The van der Waals surface area contributed by atoms with Gasteiger partial charge in [-0.2, -0.15) is 0 Å². The minimum Gasteiger partial charge on any atom is -0.324 e. The van der Waals surface area contributed by atoms with Crippen molar-refractivity contribution in [1.29, 1.82) is 0 Å². The maximum atomic E-state index is 14.2. The second-order valence-electron chi connectivity index (χ2n) is 6.71. The zero-order valence-corrected chi connectivity index (χ0v) is 14.6. The fourth-order valence-electron chi connectivity index (χ4n) is 3.44. The van der Waals surface area contributed by atoms with Crippen LogP contribution in [0.4, 0.5) is 15.8 Å². The number of sulfone groups is 1. The average molecular weight is 368 g/mol. The third kappa shape index (κ3) is 4.18. The molecule has 1 unspecified atom stereocenters. The van der Waals surface area contributed by atoms with Gasteiger partial charge in [-0.1, -0.05) is 32.1 Å². The minimum absolute atomic E-state index is 0.0624. The van der Waals surface area contributed by atoms with Gasteiger partial charge in [0.25, 0.3) is 5.91 Å². The summed E-state index contributed by atoms with van der Waals surface area (Å²) in [5, 5.41) is 4.91. The SMILES string of the molecule is O=C1CS(=O)(=O)c2cc(NC(=O)C(F)CC3CCCCC3)ccc2N1. The van der Waals surface area contributed by atoms with Crippen LogP contribution in [0.5, 0.6) is 0 Å². The lowest BCUT2D eigenvalue weighted by Crippen LogP contribution is -2.30. The number of halogens is 1. The Labute approximate surface area is 146 Å². The van der Waals surface area contributed by atoms with Gasteiger partial charge in [0.2, 0.25) is 5.91 Å². The first kappa shape index (κ1) is 17.8. The Bertz CT molecular complexity index is 788. The molecule has 1 fully saturated rings. The van der Waals surface area contributed by atoms with Gasteiger partial charge in [-0.05, 0) is 30.5 Å². The Morgan fingerprint density at radius 2 is 2.00 bits per heavy atom. The molecule has 0 saturated heterocycles. The summed E-state index contributed by atoms with van der Waals surface area (Å²) in [5.41, 5.74) is 0.378. The molecule has 136 valence electrons. The van der Waals surface area contributed by atoms with Crippen LogP contribution in [0.1, 0.15) is 38.5 Å². The second-order valence-corrected chi connectivity index (χ2v) is 8.67. The van der Waals surface area contributed by atoms with Gasteiger partial charge >= 0.3 is 0 Å². The summed E-state index contributed by atoms with van der Waals surface area (Å²) in [4.78, 5) is 23.4. The third-order valence-corrected chi connectivity index (χ3v) is 6.38. The van der Waals surface area contributed by atoms with E-state index in [9.17, 15) is 22.4 Å². The topological polar surface area (TPSA) is 92.3 Å². The number of hydrogen-bond acceptors (Lipinski definition) is 4. The number of alkyl halides is 1. The summed E-state index contributed by atoms with van der Waals surface area (Å²) >= 11 is 0. The fourth-order valence-corrected chi connectivity index (χ4v) is 4.77. The monoisotopic (exact) mass is 368 g/mol. The van der Waals surface area contributed by atoms with Gasteiger partial charge < -0.3 is 10.6 Å². The molecule has 8 heteroatoms. The number of benzene rings is 1. The Morgan fingerprint density at radius 1 is 1.28 bits per heavy atom. The van der Waals surface area contributed by atoms with Crippen molar-refractivity contribution in [2.75, 3.05) is 16.4 Å². The predicted molar refractivity (Wildman–Crippen MR) is 91.8 cm³/mol. The van der Waals surface area contributed by atoms with Gasteiger partial charge in [0, 0.05) is 5.69 Å². The van der Waals surface area contributed by atoms with Crippen molar-refractivity contribution < 1.29 is 22.4 Å². The molecule has 25 heavy (non-hydrogen) atoms. The lowest BCUT2D eigenvalue weighted by atomic mass is 9.85. The van der Waals surface area contributed by atoms with Crippen LogP contribution in [0.25, 0.3) is 0 Å². The van der Waals surface area contributed by atoms with Crippen LogP contribution in [0, 0.1) is 5.92 Å². The molecule has 3 rings (SSSR count). The van der Waals surface area contributed by atoms with Gasteiger partial charge in [-0.25, -0.2) is 12.8 Å². The van der Waals surface area contributed by atoms with Gasteiger partial charge in [-0.3, -0.25) is 9.59 Å². The molecule has 2 amide bonds. The van der Waals surface area contributed by atoms with Crippen LogP contribution in [-0.4, -0.2) is 32.2 Å². The van der Waals surface area contributed by atoms with Crippen molar-refractivity contribution in [2.24, 2.45) is 5.92 Å². The highest BCUT2D eigenvalue weighted by Gasteiger charge is 2.29. The van der Waals surface area contributed by atoms with Gasteiger partial charge in [0.05, 0.1) is 10.6 Å². The van der Waals surface area contributed by atoms with Crippen molar-refractivity contribution >= 4 is 33.0 Å². The first-order valence-corrected chi connectivity index (χ1v) is 10.1. The van der Waals surface area contributed by atoms with E-state index in [0.717, 1.165) is 25.7 Å². The van der Waals surface area contributed by atoms with Gasteiger partial charge in [0.15, 0.2) is 16.0 Å². The zero-order chi connectivity index (χ0) is 18.0. The molecule has 1 aliphatic carbocycles. The summed E-state index contributed by atoms with van der Waals surface area (Å²) in [6.07, 6.45) is 3.80. The van der Waals surface area contributed by atoms with E-state index in [1.165, 1.54) is 24.6 Å². The van der Waals surface area contributed by atoms with Crippen molar-refractivity contribution in [3.05, 3.63) is 18.2 Å². The van der Waals surface area contributed by atoms with E-state index in [4.69, 9.17) is 0 Å². The van der Waals surface area contributed by atoms with Crippen LogP contribution in [-0.2, 0) is 19.4 Å². The van der Waals surface area contributed by atoms with E-state index in [2.05, 4.69) is 10.6 Å². The van der Waals surface area contributed by atoms with E-state index >= 15 is 0 Å². The van der Waals surface area contributed by atoms with Crippen LogP contribution >= 0.6 is 0 Å². The summed E-state index contributed by atoms with van der Waals surface area (Å²) in [6.45, 7) is 0. The molecule has 1 saturated carbocycles. The van der Waals surface area contributed by atoms with Crippen molar-refractivity contribution in [1.82, 2.24) is 0 Å². The van der Waals surface area contributed by atoms with E-state index in [1.54, 1.807) is 0 Å². The second kappa shape index (κ2) is 7.11. The first-order chi connectivity index (χ1) is 11.8. The summed E-state index contributed by atoms with van der Waals surface area (Å²) in [5.74, 6) is -1.76. The van der Waals surface area contributed by atoms with Gasteiger partial charge in [0.1, 0.15) is 5.75 Å². The number of hydrogen-bond donors (Lipinski definition) is 2. The molecule has 0 spiro atoms. The maximum Gasteiger partial charge on any atom is 0.258 e. The highest BCUT2D eigenvalue weighted by atomic mass is 32.2. The molecular formula is C17H21FN2O4S. The Hall–Kier alpha value is -1.96. The number of carbonyl (C=O) groups is 2. The van der Waals surface area contributed by atoms with E-state index in [0.29, 0.717) is 0 Å². The van der Waals surface area contributed by atoms with Gasteiger partial charge in [-0.15, -0.1) is 0 Å². The van der Waals surface area contributed by atoms with Crippen molar-refractivity contribution in [3.63, 3.8) is 0 Å². The molecular weight excluding hydrogens is 347 g/mol. The zero-order valence-electron chi connectivity index (χ0n) is 13.8. The highest BCUT2D eigenvalue weighted by molar-refractivity contribution is 7.92.